The van der Waals surface area contributed by atoms with E-state index in [0.29, 0.717) is 16.4 Å². The Morgan fingerprint density at radius 1 is 1.10 bits per heavy atom. The molecule has 160 valence electrons. The van der Waals surface area contributed by atoms with Crippen LogP contribution < -0.4 is 11.2 Å². The molecule has 6 nitrogen and oxygen atoms in total. The first-order chi connectivity index (χ1) is 14.7. The number of nitrogens with zero attached hydrogens (tertiary/aromatic N) is 4. The van der Waals surface area contributed by atoms with E-state index >= 15 is 0 Å². The molecule has 0 aliphatic rings. The molecule has 0 fully saturated rings. The molecule has 0 saturated heterocycles. The molecule has 0 amide bonds. The van der Waals surface area contributed by atoms with Crippen molar-refractivity contribution in [2.45, 2.75) is 26.4 Å². The molecule has 2 aromatic heterocycles. The van der Waals surface area contributed by atoms with Crippen LogP contribution in [-0.2, 0) is 13.6 Å². The van der Waals surface area contributed by atoms with Crippen molar-refractivity contribution in [3.63, 3.8) is 0 Å². The third-order valence-electron chi connectivity index (χ3n) is 5.15. The summed E-state index contributed by atoms with van der Waals surface area (Å²) in [6.07, 6.45) is 0. The van der Waals surface area contributed by atoms with Crippen molar-refractivity contribution in [1.82, 2.24) is 18.7 Å². The Labute approximate surface area is 187 Å². The highest BCUT2D eigenvalue weighted by Gasteiger charge is 2.24. The van der Waals surface area contributed by atoms with Crippen molar-refractivity contribution in [2.24, 2.45) is 7.05 Å². The van der Waals surface area contributed by atoms with Crippen LogP contribution in [0.2, 0.25) is 10.0 Å². The van der Waals surface area contributed by atoms with Gasteiger partial charge in [-0.3, -0.25) is 13.9 Å². The fraction of sp³-hybridized carbons (Fsp3) is 0.227. The minimum Gasteiger partial charge on any atom is -0.313 e. The minimum absolute atomic E-state index is 0.0462. The summed E-state index contributed by atoms with van der Waals surface area (Å²) in [5.74, 6) is -0.116. The lowest BCUT2D eigenvalue weighted by molar-refractivity contribution is 0.551. The van der Waals surface area contributed by atoms with E-state index in [0.717, 1.165) is 4.57 Å². The molecule has 0 aliphatic carbocycles. The predicted octanol–water partition coefficient (Wildman–Crippen LogP) is 4.64. The average molecular weight is 461 g/mol. The van der Waals surface area contributed by atoms with Crippen molar-refractivity contribution < 1.29 is 4.39 Å². The fourth-order valence-corrected chi connectivity index (χ4v) is 4.04. The lowest BCUT2D eigenvalue weighted by Crippen LogP contribution is -2.39. The van der Waals surface area contributed by atoms with E-state index in [9.17, 15) is 14.0 Å². The van der Waals surface area contributed by atoms with Gasteiger partial charge in [0.1, 0.15) is 11.6 Å². The van der Waals surface area contributed by atoms with E-state index in [1.165, 1.54) is 23.7 Å². The Hall–Kier alpha value is -2.90. The van der Waals surface area contributed by atoms with E-state index < -0.39 is 17.1 Å². The maximum atomic E-state index is 14.6. The number of hydrogen-bond acceptors (Lipinski definition) is 3. The second kappa shape index (κ2) is 7.98. The summed E-state index contributed by atoms with van der Waals surface area (Å²) in [5.41, 5.74) is 0.261. The Bertz CT molecular complexity index is 1420. The van der Waals surface area contributed by atoms with Crippen LogP contribution in [0.15, 0.2) is 52.1 Å². The van der Waals surface area contributed by atoms with Gasteiger partial charge < -0.3 is 4.57 Å². The van der Waals surface area contributed by atoms with Crippen LogP contribution in [-0.4, -0.2) is 18.7 Å². The smallest absolute Gasteiger partial charge is 0.313 e. The molecule has 2 aromatic carbocycles. The number of imidazole rings is 1. The van der Waals surface area contributed by atoms with Crippen LogP contribution in [0.25, 0.3) is 22.6 Å². The molecule has 0 spiro atoms. The molecular weight excluding hydrogens is 442 g/mol. The summed E-state index contributed by atoms with van der Waals surface area (Å²) in [4.78, 5) is 30.6. The third kappa shape index (κ3) is 3.58. The highest BCUT2D eigenvalue weighted by atomic mass is 35.5. The zero-order chi connectivity index (χ0) is 22.4. The normalized spacial score (nSPS) is 11.6. The van der Waals surface area contributed by atoms with Crippen LogP contribution in [0.4, 0.5) is 4.39 Å². The molecule has 4 rings (SSSR count). The van der Waals surface area contributed by atoms with Gasteiger partial charge in [0.25, 0.3) is 5.56 Å². The van der Waals surface area contributed by atoms with Gasteiger partial charge in [0.2, 0.25) is 0 Å². The lowest BCUT2D eigenvalue weighted by atomic mass is 10.2. The van der Waals surface area contributed by atoms with Gasteiger partial charge in [0, 0.05) is 34.3 Å². The van der Waals surface area contributed by atoms with Gasteiger partial charge in [-0.05, 0) is 38.1 Å². The van der Waals surface area contributed by atoms with Crippen molar-refractivity contribution in [2.75, 3.05) is 0 Å². The van der Waals surface area contributed by atoms with Gasteiger partial charge in [0.15, 0.2) is 11.2 Å². The number of fused-ring (bicyclic) bond motifs is 1. The largest absolute Gasteiger partial charge is 0.332 e. The molecule has 0 N–H and O–H groups in total. The molecule has 2 heterocycles. The first kappa shape index (κ1) is 21.3. The second-order valence-corrected chi connectivity index (χ2v) is 8.36. The van der Waals surface area contributed by atoms with E-state index in [1.54, 1.807) is 34.9 Å². The summed E-state index contributed by atoms with van der Waals surface area (Å²) in [7, 11) is 1.41. The first-order valence-corrected chi connectivity index (χ1v) is 10.4. The third-order valence-corrected chi connectivity index (χ3v) is 5.74. The molecule has 0 radical (unpaired) electrons. The summed E-state index contributed by atoms with van der Waals surface area (Å²) >= 11 is 12.4. The summed E-state index contributed by atoms with van der Waals surface area (Å²) in [6.45, 7) is 3.61. The molecule has 0 saturated carbocycles. The maximum absolute atomic E-state index is 14.6. The standard InChI is InChI=1S/C22H19Cl2FN4O2/c1-12(2)29-20-18(21(30)27(3)22(29)31)28(11-15-16(24)8-5-9-17(15)25)19(26-20)13-6-4-7-14(23)10-13/h4-10,12H,11H2,1-3H3. The van der Waals surface area contributed by atoms with Crippen molar-refractivity contribution in [3.05, 3.63) is 84.7 Å². The Balaban J connectivity index is 2.15. The van der Waals surface area contributed by atoms with Crippen molar-refractivity contribution >= 4 is 34.4 Å². The summed E-state index contributed by atoms with van der Waals surface area (Å²) < 4.78 is 18.7. The number of hydrogen-bond donors (Lipinski definition) is 0. The monoisotopic (exact) mass is 460 g/mol. The lowest BCUT2D eigenvalue weighted by Gasteiger charge is -2.14. The van der Waals surface area contributed by atoms with Gasteiger partial charge in [-0.2, -0.15) is 0 Å². The van der Waals surface area contributed by atoms with Gasteiger partial charge in [-0.25, -0.2) is 14.2 Å². The Morgan fingerprint density at radius 2 is 1.81 bits per heavy atom. The number of halogens is 3. The molecule has 0 bridgehead atoms. The molecular formula is C22H19Cl2FN4O2. The summed E-state index contributed by atoms with van der Waals surface area (Å²) in [6, 6.07) is 11.1. The molecule has 0 unspecified atom stereocenters. The number of rotatable bonds is 4. The fourth-order valence-electron chi connectivity index (χ4n) is 3.63. The van der Waals surface area contributed by atoms with E-state index in [2.05, 4.69) is 4.98 Å². The Morgan fingerprint density at radius 3 is 2.45 bits per heavy atom. The van der Waals surface area contributed by atoms with Crippen molar-refractivity contribution in [3.8, 4) is 11.4 Å². The second-order valence-electron chi connectivity index (χ2n) is 7.51. The first-order valence-electron chi connectivity index (χ1n) is 9.61. The summed E-state index contributed by atoms with van der Waals surface area (Å²) in [5, 5.41) is 0.710. The molecule has 31 heavy (non-hydrogen) atoms. The SMILES string of the molecule is CC(C)n1c(=O)n(C)c(=O)c2c1nc(-c1cccc(Cl)c1)n2Cc1c(F)cccc1Cl. The Kier molecular flexibility index (Phi) is 5.49. The number of aromatic nitrogens is 4. The minimum atomic E-state index is -0.523. The zero-order valence-corrected chi connectivity index (χ0v) is 18.6. The van der Waals surface area contributed by atoms with Gasteiger partial charge in [0.05, 0.1) is 6.54 Å². The predicted molar refractivity (Wildman–Crippen MR) is 121 cm³/mol. The zero-order valence-electron chi connectivity index (χ0n) is 17.1. The van der Waals surface area contributed by atoms with Crippen LogP contribution in [0.3, 0.4) is 0 Å². The van der Waals surface area contributed by atoms with Crippen LogP contribution in [0, 0.1) is 5.82 Å². The highest BCUT2D eigenvalue weighted by Crippen LogP contribution is 2.29. The van der Waals surface area contributed by atoms with E-state index in [1.807, 2.05) is 13.8 Å². The quantitative estimate of drug-likeness (QED) is 0.445. The molecule has 4 aromatic rings. The average Bonchev–Trinajstić information content (AvgIpc) is 3.08. The van der Waals surface area contributed by atoms with Gasteiger partial charge >= 0.3 is 5.69 Å². The van der Waals surface area contributed by atoms with Crippen LogP contribution in [0.1, 0.15) is 25.5 Å². The molecule has 0 aliphatic heterocycles. The van der Waals surface area contributed by atoms with Crippen molar-refractivity contribution in [1.29, 1.82) is 0 Å². The van der Waals surface area contributed by atoms with Gasteiger partial charge in [-0.15, -0.1) is 0 Å². The number of benzene rings is 2. The van der Waals surface area contributed by atoms with Crippen LogP contribution >= 0.6 is 23.2 Å². The maximum Gasteiger partial charge on any atom is 0.332 e. The van der Waals surface area contributed by atoms with E-state index in [4.69, 9.17) is 23.2 Å². The molecule has 9 heteroatoms. The topological polar surface area (TPSA) is 61.8 Å². The van der Waals surface area contributed by atoms with E-state index in [-0.39, 0.29) is 34.3 Å². The van der Waals surface area contributed by atoms with Gasteiger partial charge in [-0.1, -0.05) is 41.4 Å². The molecule has 0 atom stereocenters. The van der Waals surface area contributed by atoms with Crippen LogP contribution in [0.5, 0.6) is 0 Å². The highest BCUT2D eigenvalue weighted by molar-refractivity contribution is 6.31.